The molecule has 0 fully saturated rings. The minimum absolute atomic E-state index is 0.00292. The average Bonchev–Trinajstić information content (AvgIpc) is 0.740. The predicted molar refractivity (Wildman–Crippen MR) is 560 cm³/mol. The van der Waals surface area contributed by atoms with E-state index in [0.29, 0.717) is 5.92 Å². The van der Waals surface area contributed by atoms with Crippen LogP contribution in [-0.4, -0.2) is 97.1 Å². The van der Waals surface area contributed by atoms with Gasteiger partial charge in [0.05, 0.1) is 81.0 Å². The zero-order valence-electron chi connectivity index (χ0n) is 78.4. The number of nitrogens with zero attached hydrogens (tertiary/aromatic N) is 11. The lowest BCUT2D eigenvalue weighted by molar-refractivity contribution is 0.0992. The first-order valence-electron chi connectivity index (χ1n) is 48.2. The predicted octanol–water partition coefficient (Wildman–Crippen LogP) is 23.1. The Bertz CT molecular complexity index is 7180. The SMILES string of the molecule is C=C1NN=C2c3c(cccc31)CC(c1ccccn1)C2c1ccc(CN(C)C)cc1.C=C1NN=C2c3c(cccc31)CC(c1ccccn1)C2c1ccccc1.C=C1NN=C2c3c(cccc31)CC(c1cccnc1)C2c1ccccc1.CCCc1cccc(C2C3=NCC(=O)c4cccc(c43)NC2c2ccccn2)c1.CCc1cccc(C2C3=NCC(=O)c4cccc(c43)NC2c2ccccn2)c1. The highest BCUT2D eigenvalue weighted by atomic mass is 16.1. The van der Waals surface area contributed by atoms with Crippen LogP contribution in [0.4, 0.5) is 11.4 Å². The Labute approximate surface area is 812 Å². The van der Waals surface area contributed by atoms with Gasteiger partial charge in [-0.1, -0.05) is 283 Å². The summed E-state index contributed by atoms with van der Waals surface area (Å²) in [6, 6.07) is 107. The van der Waals surface area contributed by atoms with Gasteiger partial charge in [0.2, 0.25) is 0 Å². The minimum Gasteiger partial charge on any atom is -0.375 e. The molecule has 0 spiro atoms. The Morgan fingerprint density at radius 1 is 0.331 bits per heavy atom. The van der Waals surface area contributed by atoms with Crippen molar-refractivity contribution in [2.24, 2.45) is 25.3 Å². The van der Waals surface area contributed by atoms with Crippen molar-refractivity contribution in [3.8, 4) is 0 Å². The summed E-state index contributed by atoms with van der Waals surface area (Å²) in [5, 5.41) is 21.7. The number of ketones is 2. The summed E-state index contributed by atoms with van der Waals surface area (Å²) in [5.41, 5.74) is 49.6. The molecule has 7 aliphatic heterocycles. The van der Waals surface area contributed by atoms with Crippen LogP contribution in [0.5, 0.6) is 0 Å². The first kappa shape index (κ1) is 89.4. The van der Waals surface area contributed by atoms with E-state index >= 15 is 0 Å². The first-order valence-corrected chi connectivity index (χ1v) is 48.2. The van der Waals surface area contributed by atoms with Crippen molar-refractivity contribution in [1.29, 1.82) is 0 Å². The van der Waals surface area contributed by atoms with Crippen LogP contribution in [0.3, 0.4) is 0 Å². The second kappa shape index (κ2) is 39.6. The van der Waals surface area contributed by atoms with E-state index in [1.165, 1.54) is 83.5 Å². The fourth-order valence-corrected chi connectivity index (χ4v) is 22.2. The zero-order valence-corrected chi connectivity index (χ0v) is 78.4. The molecular weight excluding hydrogens is 1710 g/mol. The molecule has 18 nitrogen and oxygen atoms in total. The van der Waals surface area contributed by atoms with Crippen LogP contribution in [0.2, 0.25) is 0 Å². The molecule has 0 radical (unpaired) electrons. The van der Waals surface area contributed by atoms with E-state index in [9.17, 15) is 9.59 Å². The molecule has 10 atom stereocenters. The lowest BCUT2D eigenvalue weighted by Crippen LogP contribution is -2.36. The van der Waals surface area contributed by atoms with Gasteiger partial charge in [-0.25, -0.2) is 0 Å². The Morgan fingerprint density at radius 2 is 0.712 bits per heavy atom. The number of aryl methyl sites for hydroxylation is 2. The Kier molecular flexibility index (Phi) is 25.5. The van der Waals surface area contributed by atoms with Gasteiger partial charge in [0, 0.05) is 158 Å². The molecule has 5 aromatic heterocycles. The number of pyridine rings is 5. The van der Waals surface area contributed by atoms with Crippen LogP contribution in [-0.2, 0) is 38.6 Å². The summed E-state index contributed by atoms with van der Waals surface area (Å²) in [4.78, 5) is 59.8. The summed E-state index contributed by atoms with van der Waals surface area (Å²) < 4.78 is 0. The maximum absolute atomic E-state index is 12.5. The van der Waals surface area contributed by atoms with Gasteiger partial charge >= 0.3 is 0 Å². The molecule has 0 saturated heterocycles. The number of nitrogens with one attached hydrogen (secondary N) is 5. The maximum Gasteiger partial charge on any atom is 0.184 e. The second-order valence-corrected chi connectivity index (χ2v) is 37.3. The van der Waals surface area contributed by atoms with Crippen molar-refractivity contribution < 1.29 is 9.59 Å². The number of Topliss-reactive ketones (excluding diaryl/α,β-unsaturated/α-hetero) is 2. The van der Waals surface area contributed by atoms with Crippen LogP contribution < -0.4 is 26.9 Å². The Hall–Kier alpha value is -16.2. The van der Waals surface area contributed by atoms with E-state index in [1.807, 2.05) is 116 Å². The number of hydrogen-bond donors (Lipinski definition) is 5. The highest BCUT2D eigenvalue weighted by molar-refractivity contribution is 6.23. The van der Waals surface area contributed by atoms with Gasteiger partial charge in [0.25, 0.3) is 0 Å². The molecule has 15 aromatic rings. The van der Waals surface area contributed by atoms with Crippen molar-refractivity contribution in [1.82, 2.24) is 46.1 Å². The zero-order chi connectivity index (χ0) is 94.6. The fraction of sp³-hybridized carbons (Fsp3) is 0.190. The third-order valence-electron chi connectivity index (χ3n) is 28.4. The molecule has 0 saturated carbocycles. The summed E-state index contributed by atoms with van der Waals surface area (Å²) in [5.74, 6) is 1.47. The van der Waals surface area contributed by atoms with Gasteiger partial charge in [-0.05, 0) is 180 Å². The smallest absolute Gasteiger partial charge is 0.184 e. The number of carbonyl (C=O) groups is 2. The second-order valence-electron chi connectivity index (χ2n) is 37.3. The van der Waals surface area contributed by atoms with Gasteiger partial charge < -0.3 is 15.5 Å². The summed E-state index contributed by atoms with van der Waals surface area (Å²) in [7, 11) is 4.19. The topological polar surface area (TPSA) is 224 Å². The first-order chi connectivity index (χ1) is 68.3. The molecule has 18 heteroatoms. The van der Waals surface area contributed by atoms with E-state index in [-0.39, 0.29) is 78.2 Å². The van der Waals surface area contributed by atoms with Crippen LogP contribution >= 0.6 is 0 Å². The molecule has 0 amide bonds. The van der Waals surface area contributed by atoms with E-state index in [2.05, 4.69) is 330 Å². The standard InChI is InChI=1S/C26H26N4.C25H23N3O.C24H21N3O.2C23H19N3/c1-17-21-8-6-7-20-15-22(23-9-4-5-14-27-23)24(26(25(20)21)29-28-17)19-12-10-18(11-13-19)16-30(2)3;1-2-7-16-8-5-9-17(14-16)22-24(20-11-3-4-13-26-20)28-19-12-6-10-18-21(29)15-27-25(22)23(18)19;1-2-15-7-5-8-16(13-15)21-23(19-10-3-4-12-25-19)27-18-11-6-9-17-20(28)14-26-24(21)22(17)18;1-15-19-11-5-9-17-13-20(18-10-6-12-24-14-18)21(16-7-3-2-4-8-16)23(22(17)19)26-25-15;1-15-18-11-7-10-17-14-19(20-12-5-6-13-24-20)21(16-8-3-2-4-9-16)23(22(17)18)26-25-15/h4-14,22,24,28H,1,15-16H2,2-3H3;3-6,8-14,22,24,28H,2,7,15H2,1H3;3-13,21,23,27H,2,14H2,1H3;2-12,14,20-21,25H,1,13H2;2-13,19,21,25H,1,14H2. The van der Waals surface area contributed by atoms with Gasteiger partial charge in [-0.2, -0.15) is 15.3 Å². The van der Waals surface area contributed by atoms with Crippen LogP contribution in [0.1, 0.15) is 234 Å². The largest absolute Gasteiger partial charge is 0.375 e. The van der Waals surface area contributed by atoms with E-state index in [1.54, 1.807) is 0 Å². The van der Waals surface area contributed by atoms with Crippen molar-refractivity contribution in [2.45, 2.75) is 118 Å². The highest BCUT2D eigenvalue weighted by Gasteiger charge is 2.46. The number of benzene rings is 10. The van der Waals surface area contributed by atoms with Gasteiger partial charge in [-0.3, -0.25) is 60.8 Å². The molecule has 10 aromatic carbocycles. The number of hydrazone groups is 3. The number of aromatic nitrogens is 5. The summed E-state index contributed by atoms with van der Waals surface area (Å²) in [6.07, 6.45) is 17.3. The number of rotatable bonds is 15. The van der Waals surface area contributed by atoms with E-state index in [0.717, 1.165) is 164 Å². The monoisotopic (exact) mass is 1820 g/mol. The molecule has 12 heterocycles. The summed E-state index contributed by atoms with van der Waals surface area (Å²) >= 11 is 0. The Balaban J connectivity index is 0.000000103. The molecule has 10 aliphatic rings. The number of hydrogen-bond acceptors (Lipinski definition) is 18. The number of anilines is 2. The molecular formula is C121H108N16O2. The van der Waals surface area contributed by atoms with Crippen molar-refractivity contribution in [3.05, 3.63) is 511 Å². The number of carbonyl (C=O) groups excluding carboxylic acids is 2. The number of aliphatic imine (C=N–C) groups is 2. The van der Waals surface area contributed by atoms with Gasteiger partial charge in [0.15, 0.2) is 11.6 Å². The van der Waals surface area contributed by atoms with Crippen molar-refractivity contribution in [2.75, 3.05) is 37.8 Å². The molecule has 10 unspecified atom stereocenters. The third kappa shape index (κ3) is 17.8. The van der Waals surface area contributed by atoms with E-state index < -0.39 is 0 Å². The molecule has 684 valence electrons. The maximum atomic E-state index is 12.5. The van der Waals surface area contributed by atoms with Crippen molar-refractivity contribution >= 4 is 68.6 Å². The molecule has 25 rings (SSSR count). The van der Waals surface area contributed by atoms with Crippen molar-refractivity contribution in [3.63, 3.8) is 0 Å². The third-order valence-corrected chi connectivity index (χ3v) is 28.4. The lowest BCUT2D eigenvalue weighted by atomic mass is 9.68. The Morgan fingerprint density at radius 3 is 1.13 bits per heavy atom. The van der Waals surface area contributed by atoms with Gasteiger partial charge in [0.1, 0.15) is 13.1 Å². The average molecular weight is 1820 g/mol. The fourth-order valence-electron chi connectivity index (χ4n) is 22.2. The van der Waals surface area contributed by atoms with Crippen LogP contribution in [0, 0.1) is 0 Å². The molecule has 5 N–H and O–H groups in total. The highest BCUT2D eigenvalue weighted by Crippen LogP contribution is 2.52. The van der Waals surface area contributed by atoms with Crippen LogP contribution in [0.15, 0.2) is 392 Å². The minimum atomic E-state index is -0.0391. The molecule has 139 heavy (non-hydrogen) atoms. The van der Waals surface area contributed by atoms with E-state index in [4.69, 9.17) is 30.3 Å². The summed E-state index contributed by atoms with van der Waals surface area (Å²) in [6.45, 7) is 18.2. The molecule has 0 bridgehead atoms. The lowest BCUT2D eigenvalue weighted by Gasteiger charge is -2.38. The normalized spacial score (nSPS) is 20.3. The molecule has 3 aliphatic carbocycles. The van der Waals surface area contributed by atoms with Gasteiger partial charge in [-0.15, -0.1) is 0 Å². The van der Waals surface area contributed by atoms with Crippen LogP contribution in [0.25, 0.3) is 17.1 Å². The quantitative estimate of drug-likeness (QED) is 0.0645.